The van der Waals surface area contributed by atoms with E-state index in [0.717, 1.165) is 24.1 Å². The molecule has 0 atom stereocenters. The predicted molar refractivity (Wildman–Crippen MR) is 96.9 cm³/mol. The van der Waals surface area contributed by atoms with E-state index in [0.29, 0.717) is 12.1 Å². The van der Waals surface area contributed by atoms with Crippen molar-refractivity contribution in [2.75, 3.05) is 27.2 Å². The van der Waals surface area contributed by atoms with Gasteiger partial charge in [0, 0.05) is 12.1 Å². The second-order valence-corrected chi connectivity index (χ2v) is 5.75. The molecule has 120 valence electrons. The number of carbonyl (C=O) groups is 1. The van der Waals surface area contributed by atoms with Gasteiger partial charge in [-0.1, -0.05) is 60.7 Å². The number of nitrogens with zero attached hydrogens (tertiary/aromatic N) is 1. The summed E-state index contributed by atoms with van der Waals surface area (Å²) in [6.45, 7) is 1.64. The number of carbonyl (C=O) groups excluding carboxylic acids is 1. The van der Waals surface area contributed by atoms with Crippen LogP contribution in [-0.4, -0.2) is 38.0 Å². The van der Waals surface area contributed by atoms with Gasteiger partial charge in [-0.05, 0) is 44.3 Å². The molecule has 3 nitrogen and oxygen atoms in total. The summed E-state index contributed by atoms with van der Waals surface area (Å²) >= 11 is 0. The molecule has 1 amide bonds. The molecule has 2 aromatic carbocycles. The molecule has 0 spiro atoms. The van der Waals surface area contributed by atoms with Crippen molar-refractivity contribution in [3.8, 4) is 0 Å². The zero-order valence-corrected chi connectivity index (χ0v) is 13.8. The van der Waals surface area contributed by atoms with E-state index in [9.17, 15) is 4.79 Å². The number of benzene rings is 2. The lowest BCUT2D eigenvalue weighted by molar-refractivity contribution is -0.115. The summed E-state index contributed by atoms with van der Waals surface area (Å²) in [7, 11) is 4.07. The van der Waals surface area contributed by atoms with Gasteiger partial charge in [0.1, 0.15) is 0 Å². The molecule has 2 aromatic rings. The van der Waals surface area contributed by atoms with Crippen molar-refractivity contribution in [1.82, 2.24) is 10.2 Å². The van der Waals surface area contributed by atoms with Crippen LogP contribution in [-0.2, 0) is 4.79 Å². The first-order valence-electron chi connectivity index (χ1n) is 7.92. The normalized spacial score (nSPS) is 11.5. The summed E-state index contributed by atoms with van der Waals surface area (Å²) in [6.07, 6.45) is 2.88. The fourth-order valence-electron chi connectivity index (χ4n) is 2.31. The number of hydrogen-bond donors (Lipinski definition) is 1. The zero-order valence-electron chi connectivity index (χ0n) is 13.8. The molecule has 0 radical (unpaired) electrons. The molecule has 23 heavy (non-hydrogen) atoms. The van der Waals surface area contributed by atoms with Crippen LogP contribution in [0.5, 0.6) is 0 Å². The summed E-state index contributed by atoms with van der Waals surface area (Å²) in [5.41, 5.74) is 2.65. The van der Waals surface area contributed by atoms with E-state index in [1.54, 1.807) is 0 Å². The van der Waals surface area contributed by atoms with Crippen LogP contribution in [0.1, 0.15) is 17.5 Å². The van der Waals surface area contributed by atoms with Crippen molar-refractivity contribution < 1.29 is 4.79 Å². The van der Waals surface area contributed by atoms with E-state index < -0.39 is 0 Å². The van der Waals surface area contributed by atoms with Gasteiger partial charge >= 0.3 is 0 Å². The monoisotopic (exact) mass is 308 g/mol. The third kappa shape index (κ3) is 5.72. The van der Waals surface area contributed by atoms with Crippen molar-refractivity contribution in [2.45, 2.75) is 6.42 Å². The van der Waals surface area contributed by atoms with Gasteiger partial charge in [-0.15, -0.1) is 0 Å². The molecule has 2 rings (SSSR count). The highest BCUT2D eigenvalue weighted by molar-refractivity contribution is 6.24. The molecule has 0 saturated heterocycles. The standard InChI is InChI=1S/C20H24N2O/c1-22(2)15-9-14-21-20(23)19(18-12-7-4-8-13-18)16-17-10-5-3-6-11-17/h3-8,10-13,16H,9,14-15H2,1-2H3,(H,21,23)/b19-16-. The Morgan fingerprint density at radius 1 is 1.00 bits per heavy atom. The Kier molecular flexibility index (Phi) is 6.57. The molecule has 3 heteroatoms. The first-order valence-corrected chi connectivity index (χ1v) is 7.92. The summed E-state index contributed by atoms with van der Waals surface area (Å²) < 4.78 is 0. The highest BCUT2D eigenvalue weighted by Gasteiger charge is 2.11. The second-order valence-electron chi connectivity index (χ2n) is 5.75. The minimum Gasteiger partial charge on any atom is -0.352 e. The van der Waals surface area contributed by atoms with Crippen LogP contribution in [0.25, 0.3) is 11.6 Å². The Labute approximate surface area is 138 Å². The summed E-state index contributed by atoms with van der Waals surface area (Å²) in [4.78, 5) is 14.7. The van der Waals surface area contributed by atoms with Gasteiger partial charge in [0.25, 0.3) is 5.91 Å². The molecule has 0 aliphatic carbocycles. The van der Waals surface area contributed by atoms with Gasteiger partial charge in [0.15, 0.2) is 0 Å². The molecule has 0 aromatic heterocycles. The molecule has 0 heterocycles. The Hall–Kier alpha value is -2.39. The van der Waals surface area contributed by atoms with Crippen molar-refractivity contribution >= 4 is 17.6 Å². The number of hydrogen-bond acceptors (Lipinski definition) is 2. The summed E-state index contributed by atoms with van der Waals surface area (Å²) in [5.74, 6) is -0.0289. The van der Waals surface area contributed by atoms with Crippen molar-refractivity contribution in [3.05, 3.63) is 71.8 Å². The maximum Gasteiger partial charge on any atom is 0.251 e. The molecule has 0 fully saturated rings. The van der Waals surface area contributed by atoms with Gasteiger partial charge < -0.3 is 10.2 Å². The number of nitrogens with one attached hydrogen (secondary N) is 1. The van der Waals surface area contributed by atoms with E-state index in [2.05, 4.69) is 10.2 Å². The first-order chi connectivity index (χ1) is 11.2. The molecular formula is C20H24N2O. The molecule has 0 unspecified atom stereocenters. The lowest BCUT2D eigenvalue weighted by Gasteiger charge is -2.12. The average molecular weight is 308 g/mol. The lowest BCUT2D eigenvalue weighted by atomic mass is 10.0. The predicted octanol–water partition coefficient (Wildman–Crippen LogP) is 3.30. The topological polar surface area (TPSA) is 32.3 Å². The van der Waals surface area contributed by atoms with E-state index in [4.69, 9.17) is 0 Å². The third-order valence-electron chi connectivity index (χ3n) is 3.51. The van der Waals surface area contributed by atoms with Crippen LogP contribution in [0.2, 0.25) is 0 Å². The van der Waals surface area contributed by atoms with Gasteiger partial charge in [0.05, 0.1) is 0 Å². The zero-order chi connectivity index (χ0) is 16.5. The summed E-state index contributed by atoms with van der Waals surface area (Å²) in [6, 6.07) is 19.7. The van der Waals surface area contributed by atoms with Crippen LogP contribution < -0.4 is 5.32 Å². The Morgan fingerprint density at radius 3 is 2.22 bits per heavy atom. The van der Waals surface area contributed by atoms with Crippen molar-refractivity contribution in [1.29, 1.82) is 0 Å². The fourth-order valence-corrected chi connectivity index (χ4v) is 2.31. The SMILES string of the molecule is CN(C)CCCNC(=O)/C(=C\c1ccccc1)c1ccccc1. The van der Waals surface area contributed by atoms with E-state index in [1.165, 1.54) is 0 Å². The Morgan fingerprint density at radius 2 is 1.61 bits per heavy atom. The maximum atomic E-state index is 12.6. The Bertz CT molecular complexity index is 633. The van der Waals surface area contributed by atoms with Crippen molar-refractivity contribution in [2.24, 2.45) is 0 Å². The lowest BCUT2D eigenvalue weighted by Crippen LogP contribution is -2.27. The van der Waals surface area contributed by atoms with Crippen molar-refractivity contribution in [3.63, 3.8) is 0 Å². The number of amides is 1. The second kappa shape index (κ2) is 8.91. The number of rotatable bonds is 7. The molecular weight excluding hydrogens is 284 g/mol. The van der Waals surface area contributed by atoms with Crippen LogP contribution in [0, 0.1) is 0 Å². The van der Waals surface area contributed by atoms with Gasteiger partial charge in [-0.25, -0.2) is 0 Å². The van der Waals surface area contributed by atoms with Gasteiger partial charge in [-0.2, -0.15) is 0 Å². The molecule has 0 aliphatic rings. The quantitative estimate of drug-likeness (QED) is 0.483. The van der Waals surface area contributed by atoms with Crippen LogP contribution >= 0.6 is 0 Å². The van der Waals surface area contributed by atoms with Gasteiger partial charge in [-0.3, -0.25) is 4.79 Å². The van der Waals surface area contributed by atoms with Crippen LogP contribution in [0.4, 0.5) is 0 Å². The maximum absolute atomic E-state index is 12.6. The van der Waals surface area contributed by atoms with E-state index in [1.807, 2.05) is 80.8 Å². The highest BCUT2D eigenvalue weighted by atomic mass is 16.1. The van der Waals surface area contributed by atoms with Crippen LogP contribution in [0.3, 0.4) is 0 Å². The average Bonchev–Trinajstić information content (AvgIpc) is 2.58. The minimum atomic E-state index is -0.0289. The molecule has 1 N–H and O–H groups in total. The molecule has 0 saturated carbocycles. The summed E-state index contributed by atoms with van der Waals surface area (Å²) in [5, 5.41) is 3.02. The third-order valence-corrected chi connectivity index (χ3v) is 3.51. The highest BCUT2D eigenvalue weighted by Crippen LogP contribution is 2.18. The first kappa shape index (κ1) is 17.0. The molecule has 0 aliphatic heterocycles. The minimum absolute atomic E-state index is 0.0289. The largest absolute Gasteiger partial charge is 0.352 e. The van der Waals surface area contributed by atoms with E-state index in [-0.39, 0.29) is 5.91 Å². The smallest absolute Gasteiger partial charge is 0.251 e. The fraction of sp³-hybridized carbons (Fsp3) is 0.250. The van der Waals surface area contributed by atoms with Gasteiger partial charge in [0.2, 0.25) is 0 Å². The van der Waals surface area contributed by atoms with E-state index >= 15 is 0 Å². The Balaban J connectivity index is 2.14. The van der Waals surface area contributed by atoms with Crippen LogP contribution in [0.15, 0.2) is 60.7 Å². The molecule has 0 bridgehead atoms.